The van der Waals surface area contributed by atoms with Gasteiger partial charge < -0.3 is 5.32 Å². The molecule has 0 heterocycles. The first-order valence-electron chi connectivity index (χ1n) is 8.68. The number of benzene rings is 2. The van der Waals surface area contributed by atoms with Crippen molar-refractivity contribution in [2.45, 2.75) is 39.7 Å². The van der Waals surface area contributed by atoms with Crippen molar-refractivity contribution in [3.05, 3.63) is 59.4 Å². The summed E-state index contributed by atoms with van der Waals surface area (Å²) in [5.74, 6) is -1.06. The lowest BCUT2D eigenvalue weighted by Crippen LogP contribution is -2.46. The van der Waals surface area contributed by atoms with Crippen LogP contribution in [0.15, 0.2) is 42.5 Å². The van der Waals surface area contributed by atoms with Crippen LogP contribution < -0.4 is 9.62 Å². The Morgan fingerprint density at radius 1 is 1.07 bits per heavy atom. The maximum atomic E-state index is 14.2. The second kappa shape index (κ2) is 8.08. The van der Waals surface area contributed by atoms with E-state index >= 15 is 0 Å². The van der Waals surface area contributed by atoms with E-state index in [2.05, 4.69) is 5.32 Å². The van der Waals surface area contributed by atoms with Crippen LogP contribution in [0, 0.1) is 12.7 Å². The van der Waals surface area contributed by atoms with Crippen LogP contribution in [0.5, 0.6) is 0 Å². The number of anilines is 2. The Morgan fingerprint density at radius 2 is 1.70 bits per heavy atom. The number of hydrogen-bond donors (Lipinski definition) is 1. The predicted octanol–water partition coefficient (Wildman–Crippen LogP) is 4.05. The number of hydrogen-bond acceptors (Lipinski definition) is 3. The van der Waals surface area contributed by atoms with Crippen molar-refractivity contribution >= 4 is 27.3 Å². The van der Waals surface area contributed by atoms with E-state index < -0.39 is 27.8 Å². The summed E-state index contributed by atoms with van der Waals surface area (Å²) in [6.45, 7) is 7.33. The molecule has 0 spiro atoms. The molecule has 2 aromatic carbocycles. The fraction of sp³-hybridized carbons (Fsp3) is 0.350. The Balaban J connectivity index is 2.42. The quantitative estimate of drug-likeness (QED) is 0.806. The van der Waals surface area contributed by atoms with E-state index in [1.54, 1.807) is 0 Å². The van der Waals surface area contributed by atoms with Crippen LogP contribution in [0.4, 0.5) is 15.8 Å². The average molecular weight is 392 g/mol. The van der Waals surface area contributed by atoms with Crippen molar-refractivity contribution in [2.24, 2.45) is 0 Å². The van der Waals surface area contributed by atoms with Crippen LogP contribution in [0.3, 0.4) is 0 Å². The van der Waals surface area contributed by atoms with Crippen LogP contribution in [0.25, 0.3) is 0 Å². The van der Waals surface area contributed by atoms with Gasteiger partial charge in [0.2, 0.25) is 15.9 Å². The van der Waals surface area contributed by atoms with E-state index in [0.29, 0.717) is 5.69 Å². The molecule has 146 valence electrons. The van der Waals surface area contributed by atoms with Gasteiger partial charge in [0.1, 0.15) is 11.9 Å². The molecule has 1 N–H and O–H groups in total. The number of para-hydroxylation sites is 2. The van der Waals surface area contributed by atoms with Gasteiger partial charge in [-0.1, -0.05) is 44.2 Å². The zero-order valence-corrected chi connectivity index (χ0v) is 17.0. The first-order valence-corrected chi connectivity index (χ1v) is 10.5. The third-order valence-electron chi connectivity index (χ3n) is 4.35. The third-order valence-corrected chi connectivity index (χ3v) is 5.58. The number of carbonyl (C=O) groups excluding carboxylic acids is 1. The van der Waals surface area contributed by atoms with Crippen LogP contribution >= 0.6 is 0 Å². The highest BCUT2D eigenvalue weighted by Gasteiger charge is 2.31. The zero-order valence-electron chi connectivity index (χ0n) is 16.2. The molecular formula is C20H25FN2O3S. The minimum Gasteiger partial charge on any atom is -0.324 e. The molecule has 1 atom stereocenters. The van der Waals surface area contributed by atoms with Crippen molar-refractivity contribution in [3.63, 3.8) is 0 Å². The minimum absolute atomic E-state index is 0.156. The number of carbonyl (C=O) groups is 1. The van der Waals surface area contributed by atoms with Gasteiger partial charge in [-0.15, -0.1) is 0 Å². The van der Waals surface area contributed by atoms with Crippen LogP contribution in [-0.2, 0) is 14.8 Å². The topological polar surface area (TPSA) is 66.5 Å². The van der Waals surface area contributed by atoms with Crippen molar-refractivity contribution in [3.8, 4) is 0 Å². The summed E-state index contributed by atoms with van der Waals surface area (Å²) in [5, 5.41) is 2.83. The van der Waals surface area contributed by atoms with Crippen LogP contribution in [0.2, 0.25) is 0 Å². The second-order valence-electron chi connectivity index (χ2n) is 6.87. The van der Waals surface area contributed by atoms with E-state index in [1.807, 2.05) is 39.0 Å². The Morgan fingerprint density at radius 3 is 2.26 bits per heavy atom. The number of nitrogens with zero attached hydrogens (tertiary/aromatic N) is 1. The molecule has 27 heavy (non-hydrogen) atoms. The molecule has 7 heteroatoms. The zero-order chi connectivity index (χ0) is 20.4. The highest BCUT2D eigenvalue weighted by atomic mass is 32.2. The summed E-state index contributed by atoms with van der Waals surface area (Å²) < 4.78 is 39.6. The number of amides is 1. The van der Waals surface area contributed by atoms with E-state index in [0.717, 1.165) is 27.8 Å². The molecule has 0 aromatic heterocycles. The van der Waals surface area contributed by atoms with E-state index in [1.165, 1.54) is 25.1 Å². The third kappa shape index (κ3) is 4.66. The standard InChI is InChI=1S/C20H25FN2O3S/c1-13(2)16-10-8-9-14(3)19(16)22-20(24)15(4)23(27(5,25)26)18-12-7-6-11-17(18)21/h6-13,15H,1-5H3,(H,22,24)/t15-/m0/s1. The lowest BCUT2D eigenvalue weighted by Gasteiger charge is -2.29. The predicted molar refractivity (Wildman–Crippen MR) is 107 cm³/mol. The Labute approximate surface area is 160 Å². The molecule has 0 aliphatic heterocycles. The molecule has 0 saturated heterocycles. The molecule has 0 saturated carbocycles. The largest absolute Gasteiger partial charge is 0.324 e. The number of halogens is 1. The summed E-state index contributed by atoms with van der Waals surface area (Å²) in [7, 11) is -3.88. The normalized spacial score (nSPS) is 12.7. The Kier molecular flexibility index (Phi) is 6.26. The molecule has 0 bridgehead atoms. The van der Waals surface area contributed by atoms with Gasteiger partial charge >= 0.3 is 0 Å². The van der Waals surface area contributed by atoms with Crippen molar-refractivity contribution in [1.29, 1.82) is 0 Å². The van der Waals surface area contributed by atoms with Gasteiger partial charge in [-0.05, 0) is 43.0 Å². The van der Waals surface area contributed by atoms with Gasteiger partial charge in [0.25, 0.3) is 0 Å². The molecule has 5 nitrogen and oxygen atoms in total. The molecule has 0 radical (unpaired) electrons. The summed E-state index contributed by atoms with van der Waals surface area (Å²) in [4.78, 5) is 12.9. The van der Waals surface area contributed by atoms with E-state index in [9.17, 15) is 17.6 Å². The van der Waals surface area contributed by atoms with Crippen molar-refractivity contribution in [2.75, 3.05) is 15.9 Å². The van der Waals surface area contributed by atoms with Gasteiger partial charge in [-0.25, -0.2) is 12.8 Å². The number of aryl methyl sites for hydroxylation is 1. The lowest BCUT2D eigenvalue weighted by atomic mass is 9.98. The SMILES string of the molecule is Cc1cccc(C(C)C)c1NC(=O)[C@H](C)N(c1ccccc1F)S(C)(=O)=O. The monoisotopic (exact) mass is 392 g/mol. The molecular weight excluding hydrogens is 367 g/mol. The molecule has 1 amide bonds. The fourth-order valence-corrected chi connectivity index (χ4v) is 4.16. The second-order valence-corrected chi connectivity index (χ2v) is 8.73. The van der Waals surface area contributed by atoms with E-state index in [-0.39, 0.29) is 11.6 Å². The molecule has 2 rings (SSSR count). The number of nitrogens with one attached hydrogen (secondary N) is 1. The summed E-state index contributed by atoms with van der Waals surface area (Å²) in [6.07, 6.45) is 0.955. The maximum absolute atomic E-state index is 14.2. The minimum atomic E-state index is -3.88. The Bertz CT molecular complexity index is 942. The molecule has 2 aromatic rings. The average Bonchev–Trinajstić information content (AvgIpc) is 2.57. The van der Waals surface area contributed by atoms with E-state index in [4.69, 9.17) is 0 Å². The van der Waals surface area contributed by atoms with Crippen LogP contribution in [-0.4, -0.2) is 26.6 Å². The first kappa shape index (κ1) is 20.9. The maximum Gasteiger partial charge on any atom is 0.248 e. The molecule has 0 aliphatic carbocycles. The highest BCUT2D eigenvalue weighted by molar-refractivity contribution is 7.92. The summed E-state index contributed by atoms with van der Waals surface area (Å²) >= 11 is 0. The smallest absolute Gasteiger partial charge is 0.248 e. The first-order chi connectivity index (χ1) is 12.5. The molecule has 0 aliphatic rings. The lowest BCUT2D eigenvalue weighted by molar-refractivity contribution is -0.116. The van der Waals surface area contributed by atoms with Gasteiger partial charge in [0.15, 0.2) is 0 Å². The number of rotatable bonds is 6. The summed E-state index contributed by atoms with van der Waals surface area (Å²) in [6, 6.07) is 10.1. The Hall–Kier alpha value is -2.41. The van der Waals surface area contributed by atoms with Crippen molar-refractivity contribution < 1.29 is 17.6 Å². The van der Waals surface area contributed by atoms with Gasteiger partial charge in [-0.2, -0.15) is 0 Å². The summed E-state index contributed by atoms with van der Waals surface area (Å²) in [5.41, 5.74) is 2.33. The molecule has 0 fully saturated rings. The van der Waals surface area contributed by atoms with Crippen molar-refractivity contribution in [1.82, 2.24) is 0 Å². The van der Waals surface area contributed by atoms with Gasteiger partial charge in [0, 0.05) is 5.69 Å². The fourth-order valence-electron chi connectivity index (χ4n) is 2.98. The van der Waals surface area contributed by atoms with Crippen LogP contribution in [0.1, 0.15) is 37.8 Å². The van der Waals surface area contributed by atoms with Gasteiger partial charge in [0.05, 0.1) is 11.9 Å². The van der Waals surface area contributed by atoms with Gasteiger partial charge in [-0.3, -0.25) is 9.10 Å². The molecule has 0 unspecified atom stereocenters. The number of sulfonamides is 1. The highest BCUT2D eigenvalue weighted by Crippen LogP contribution is 2.29.